The summed E-state index contributed by atoms with van der Waals surface area (Å²) in [5.41, 5.74) is 0. The lowest BCUT2D eigenvalue weighted by Gasteiger charge is -2.11. The molecule has 0 radical (unpaired) electrons. The second-order valence-corrected chi connectivity index (χ2v) is 4.26. The summed E-state index contributed by atoms with van der Waals surface area (Å²) in [6.45, 7) is 5.24. The molecule has 0 amide bonds. The number of nitrogens with zero attached hydrogens (tertiary/aromatic N) is 1. The van der Waals surface area contributed by atoms with E-state index in [1.54, 1.807) is 13.3 Å². The van der Waals surface area contributed by atoms with Crippen molar-refractivity contribution in [3.05, 3.63) is 24.2 Å². The molecule has 0 fully saturated rings. The van der Waals surface area contributed by atoms with Crippen LogP contribution in [0, 0.1) is 0 Å². The third-order valence-corrected chi connectivity index (χ3v) is 2.63. The molecule has 0 saturated heterocycles. The van der Waals surface area contributed by atoms with Crippen molar-refractivity contribution in [3.8, 4) is 0 Å². The number of hydrogen-bond acceptors (Lipinski definition) is 3. The Balaban J connectivity index is 0.00000361. The van der Waals surface area contributed by atoms with E-state index in [2.05, 4.69) is 22.5 Å². The smallest absolute Gasteiger partial charge is 0.190 e. The molecule has 0 unspecified atom stereocenters. The summed E-state index contributed by atoms with van der Waals surface area (Å²) in [6, 6.07) is 3.78. The maximum atomic E-state index is 5.50. The second-order valence-electron chi connectivity index (χ2n) is 4.26. The molecule has 1 aromatic rings. The Hall–Kier alpha value is -0.760. The van der Waals surface area contributed by atoms with E-state index in [0.29, 0.717) is 13.2 Å². The molecule has 0 saturated carbocycles. The number of rotatable bonds is 9. The number of aliphatic imine (C=N–C) groups is 1. The van der Waals surface area contributed by atoms with Gasteiger partial charge in [0.15, 0.2) is 5.96 Å². The van der Waals surface area contributed by atoms with Gasteiger partial charge in [0.05, 0.1) is 6.26 Å². The van der Waals surface area contributed by atoms with Crippen molar-refractivity contribution in [1.82, 2.24) is 10.6 Å². The molecule has 0 bridgehead atoms. The molecule has 116 valence electrons. The molecule has 0 spiro atoms. The standard InChI is InChI=1S/C14H25N3O2.HI/c1-3-4-8-16-14(15-2)17-9-6-10-18-12-13-7-5-11-19-13;/h5,7,11H,3-4,6,8-10,12H2,1-2H3,(H2,15,16,17);1H. The molecule has 6 heteroatoms. The zero-order valence-electron chi connectivity index (χ0n) is 12.4. The minimum Gasteiger partial charge on any atom is -0.467 e. The van der Waals surface area contributed by atoms with Crippen LogP contribution in [0.1, 0.15) is 31.9 Å². The summed E-state index contributed by atoms with van der Waals surface area (Å²) in [6.07, 6.45) is 4.94. The predicted molar refractivity (Wildman–Crippen MR) is 92.7 cm³/mol. The van der Waals surface area contributed by atoms with Crippen LogP contribution in [0.3, 0.4) is 0 Å². The highest BCUT2D eigenvalue weighted by Crippen LogP contribution is 2.01. The average molecular weight is 395 g/mol. The van der Waals surface area contributed by atoms with Gasteiger partial charge in [-0.05, 0) is 25.0 Å². The molecule has 1 aromatic heterocycles. The Morgan fingerprint density at radius 3 is 2.65 bits per heavy atom. The first kappa shape index (κ1) is 19.2. The summed E-state index contributed by atoms with van der Waals surface area (Å²) < 4.78 is 10.7. The highest BCUT2D eigenvalue weighted by Gasteiger charge is 1.97. The van der Waals surface area contributed by atoms with Crippen molar-refractivity contribution < 1.29 is 9.15 Å². The molecular formula is C14H26IN3O2. The Morgan fingerprint density at radius 1 is 1.30 bits per heavy atom. The molecule has 0 aliphatic carbocycles. The van der Waals surface area contributed by atoms with Crippen LogP contribution >= 0.6 is 24.0 Å². The van der Waals surface area contributed by atoms with Crippen LogP contribution in [0.25, 0.3) is 0 Å². The monoisotopic (exact) mass is 395 g/mol. The maximum Gasteiger partial charge on any atom is 0.190 e. The fourth-order valence-electron chi connectivity index (χ4n) is 1.55. The van der Waals surface area contributed by atoms with Crippen LogP contribution in [-0.4, -0.2) is 32.7 Å². The lowest BCUT2D eigenvalue weighted by atomic mass is 10.3. The zero-order chi connectivity index (χ0) is 13.8. The largest absolute Gasteiger partial charge is 0.467 e. The van der Waals surface area contributed by atoms with E-state index in [4.69, 9.17) is 9.15 Å². The number of hydrogen-bond donors (Lipinski definition) is 2. The van der Waals surface area contributed by atoms with Gasteiger partial charge in [-0.3, -0.25) is 4.99 Å². The number of ether oxygens (including phenoxy) is 1. The topological polar surface area (TPSA) is 58.8 Å². The predicted octanol–water partition coefficient (Wildman–Crippen LogP) is 2.77. The van der Waals surface area contributed by atoms with Crippen molar-refractivity contribution in [2.24, 2.45) is 4.99 Å². The second kappa shape index (κ2) is 13.2. The van der Waals surface area contributed by atoms with E-state index >= 15 is 0 Å². The van der Waals surface area contributed by atoms with Gasteiger partial charge in [0.1, 0.15) is 12.4 Å². The first-order valence-electron chi connectivity index (χ1n) is 6.91. The third kappa shape index (κ3) is 9.19. The van der Waals surface area contributed by atoms with Gasteiger partial charge in [-0.15, -0.1) is 24.0 Å². The van der Waals surface area contributed by atoms with Gasteiger partial charge in [-0.25, -0.2) is 0 Å². The summed E-state index contributed by atoms with van der Waals surface area (Å²) in [5.74, 6) is 1.73. The maximum absolute atomic E-state index is 5.50. The van der Waals surface area contributed by atoms with E-state index in [9.17, 15) is 0 Å². The van der Waals surface area contributed by atoms with E-state index in [-0.39, 0.29) is 24.0 Å². The molecule has 1 rings (SSSR count). The van der Waals surface area contributed by atoms with Crippen LogP contribution in [0.15, 0.2) is 27.8 Å². The van der Waals surface area contributed by atoms with Gasteiger partial charge in [0, 0.05) is 26.7 Å². The number of unbranched alkanes of at least 4 members (excludes halogenated alkanes) is 1. The van der Waals surface area contributed by atoms with Gasteiger partial charge in [-0.2, -0.15) is 0 Å². The molecule has 2 N–H and O–H groups in total. The van der Waals surface area contributed by atoms with Crippen molar-refractivity contribution in [1.29, 1.82) is 0 Å². The molecular weight excluding hydrogens is 369 g/mol. The fraction of sp³-hybridized carbons (Fsp3) is 0.643. The Morgan fingerprint density at radius 2 is 2.05 bits per heavy atom. The highest BCUT2D eigenvalue weighted by atomic mass is 127. The number of halogens is 1. The van der Waals surface area contributed by atoms with Crippen molar-refractivity contribution >= 4 is 29.9 Å². The van der Waals surface area contributed by atoms with Crippen LogP contribution < -0.4 is 10.6 Å². The summed E-state index contributed by atoms with van der Waals surface area (Å²) >= 11 is 0. The first-order chi connectivity index (χ1) is 9.36. The molecule has 0 aliphatic heterocycles. The van der Waals surface area contributed by atoms with Crippen molar-refractivity contribution in [3.63, 3.8) is 0 Å². The van der Waals surface area contributed by atoms with Crippen LogP contribution in [0.5, 0.6) is 0 Å². The van der Waals surface area contributed by atoms with Crippen LogP contribution in [0.2, 0.25) is 0 Å². The van der Waals surface area contributed by atoms with Gasteiger partial charge >= 0.3 is 0 Å². The van der Waals surface area contributed by atoms with E-state index in [0.717, 1.165) is 37.7 Å². The number of guanidine groups is 1. The summed E-state index contributed by atoms with van der Waals surface area (Å²) in [7, 11) is 1.79. The minimum absolute atomic E-state index is 0. The van der Waals surface area contributed by atoms with Crippen LogP contribution in [-0.2, 0) is 11.3 Å². The van der Waals surface area contributed by atoms with E-state index < -0.39 is 0 Å². The molecule has 20 heavy (non-hydrogen) atoms. The quantitative estimate of drug-likeness (QED) is 0.292. The van der Waals surface area contributed by atoms with Gasteiger partial charge < -0.3 is 19.8 Å². The Bertz CT molecular complexity index is 342. The highest BCUT2D eigenvalue weighted by molar-refractivity contribution is 14.0. The van der Waals surface area contributed by atoms with Crippen molar-refractivity contribution in [2.45, 2.75) is 32.8 Å². The SMILES string of the molecule is CCCCNC(=NC)NCCCOCc1ccco1.I. The van der Waals surface area contributed by atoms with E-state index in [1.807, 2.05) is 12.1 Å². The van der Waals surface area contributed by atoms with E-state index in [1.165, 1.54) is 6.42 Å². The average Bonchev–Trinajstić information content (AvgIpc) is 2.94. The molecule has 0 aromatic carbocycles. The summed E-state index contributed by atoms with van der Waals surface area (Å²) in [5, 5.41) is 6.52. The number of furan rings is 1. The van der Waals surface area contributed by atoms with Gasteiger partial charge in [0.2, 0.25) is 0 Å². The first-order valence-corrected chi connectivity index (χ1v) is 6.91. The van der Waals surface area contributed by atoms with Gasteiger partial charge in [0.25, 0.3) is 0 Å². The molecule has 1 heterocycles. The van der Waals surface area contributed by atoms with Crippen LogP contribution in [0.4, 0.5) is 0 Å². The fourth-order valence-corrected chi connectivity index (χ4v) is 1.55. The number of nitrogens with one attached hydrogen (secondary N) is 2. The minimum atomic E-state index is 0. The zero-order valence-corrected chi connectivity index (χ0v) is 14.7. The molecule has 0 atom stereocenters. The summed E-state index contributed by atoms with van der Waals surface area (Å²) in [4.78, 5) is 4.16. The Kier molecular flexibility index (Phi) is 12.7. The Labute approximate surface area is 138 Å². The molecule has 5 nitrogen and oxygen atoms in total. The third-order valence-electron chi connectivity index (χ3n) is 2.63. The van der Waals surface area contributed by atoms with Gasteiger partial charge in [-0.1, -0.05) is 13.3 Å². The lowest BCUT2D eigenvalue weighted by Crippen LogP contribution is -2.38. The van der Waals surface area contributed by atoms with Crippen molar-refractivity contribution in [2.75, 3.05) is 26.7 Å². The lowest BCUT2D eigenvalue weighted by molar-refractivity contribution is 0.105. The normalized spacial score (nSPS) is 11.0. The molecule has 0 aliphatic rings.